The van der Waals surface area contributed by atoms with E-state index in [1.54, 1.807) is 0 Å². The van der Waals surface area contributed by atoms with Crippen molar-refractivity contribution >= 4 is 0 Å². The maximum absolute atomic E-state index is 3.81. The van der Waals surface area contributed by atoms with E-state index in [1.165, 1.54) is 45.4 Å². The van der Waals surface area contributed by atoms with Crippen molar-refractivity contribution in [3.05, 3.63) is 12.7 Å². The third kappa shape index (κ3) is 2.82. The lowest BCUT2D eigenvalue weighted by Gasteiger charge is -2.33. The molecule has 86 valence electrons. The molecule has 2 aliphatic rings. The fourth-order valence-electron chi connectivity index (χ4n) is 2.73. The molecule has 0 bridgehead atoms. The summed E-state index contributed by atoms with van der Waals surface area (Å²) in [5.41, 5.74) is 0.387. The van der Waals surface area contributed by atoms with Gasteiger partial charge in [0.25, 0.3) is 0 Å². The van der Waals surface area contributed by atoms with E-state index in [9.17, 15) is 0 Å². The summed E-state index contributed by atoms with van der Waals surface area (Å²) in [6, 6.07) is 0. The number of nitrogens with zero attached hydrogens (tertiary/aromatic N) is 1. The molecule has 0 spiro atoms. The van der Waals surface area contributed by atoms with Crippen LogP contribution in [-0.4, -0.2) is 36.6 Å². The van der Waals surface area contributed by atoms with E-state index >= 15 is 0 Å². The first-order valence-electron chi connectivity index (χ1n) is 6.33. The number of nitrogens with one attached hydrogen (secondary N) is 1. The fourth-order valence-corrected chi connectivity index (χ4v) is 2.73. The Hall–Kier alpha value is -0.340. The molecule has 1 saturated heterocycles. The van der Waals surface area contributed by atoms with Crippen molar-refractivity contribution in [2.45, 2.75) is 38.1 Å². The molecule has 0 aromatic heterocycles. The summed E-state index contributed by atoms with van der Waals surface area (Å²) in [6.45, 7) is 11.1. The maximum atomic E-state index is 3.81. The molecule has 0 aromatic carbocycles. The Morgan fingerprint density at radius 3 is 3.00 bits per heavy atom. The van der Waals surface area contributed by atoms with Gasteiger partial charge < -0.3 is 10.2 Å². The van der Waals surface area contributed by atoms with Gasteiger partial charge in [-0.15, -0.1) is 6.58 Å². The molecule has 15 heavy (non-hydrogen) atoms. The zero-order valence-electron chi connectivity index (χ0n) is 9.97. The highest BCUT2D eigenvalue weighted by Gasteiger charge is 2.42. The van der Waals surface area contributed by atoms with Crippen LogP contribution in [0.3, 0.4) is 0 Å². The molecule has 1 atom stereocenters. The van der Waals surface area contributed by atoms with Gasteiger partial charge >= 0.3 is 0 Å². The Morgan fingerprint density at radius 2 is 2.33 bits per heavy atom. The molecule has 2 heteroatoms. The van der Waals surface area contributed by atoms with Gasteiger partial charge in [0.15, 0.2) is 0 Å². The number of hydrogen-bond acceptors (Lipinski definition) is 2. The van der Waals surface area contributed by atoms with Gasteiger partial charge in [-0.25, -0.2) is 0 Å². The summed E-state index contributed by atoms with van der Waals surface area (Å²) >= 11 is 0. The van der Waals surface area contributed by atoms with E-state index in [-0.39, 0.29) is 0 Å². The van der Waals surface area contributed by atoms with Crippen LogP contribution in [0.15, 0.2) is 12.7 Å². The normalized spacial score (nSPS) is 33.7. The van der Waals surface area contributed by atoms with Gasteiger partial charge in [0, 0.05) is 18.6 Å². The Balaban J connectivity index is 1.92. The highest BCUT2D eigenvalue weighted by atomic mass is 15.2. The lowest BCUT2D eigenvalue weighted by Crippen LogP contribution is -2.51. The highest BCUT2D eigenvalue weighted by Crippen LogP contribution is 2.40. The average Bonchev–Trinajstić information content (AvgIpc) is 3.01. The van der Waals surface area contributed by atoms with Crippen molar-refractivity contribution in [3.63, 3.8) is 0 Å². The van der Waals surface area contributed by atoms with Crippen LogP contribution in [0.4, 0.5) is 0 Å². The predicted molar refractivity (Wildman–Crippen MR) is 65.0 cm³/mol. The van der Waals surface area contributed by atoms with Crippen molar-refractivity contribution in [1.29, 1.82) is 0 Å². The average molecular weight is 208 g/mol. The predicted octanol–water partition coefficient (Wildman–Crippen LogP) is 2.03. The summed E-state index contributed by atoms with van der Waals surface area (Å²) < 4.78 is 0. The largest absolute Gasteiger partial charge is 0.310 e. The summed E-state index contributed by atoms with van der Waals surface area (Å²) in [6.07, 6.45) is 7.31. The molecule has 1 saturated carbocycles. The Bertz CT molecular complexity index is 223. The molecular weight excluding hydrogens is 184 g/mol. The molecule has 0 radical (unpaired) electrons. The lowest BCUT2D eigenvalue weighted by atomic mass is 9.95. The second-order valence-electron chi connectivity index (χ2n) is 5.33. The monoisotopic (exact) mass is 208 g/mol. The topological polar surface area (TPSA) is 15.3 Å². The smallest absolute Gasteiger partial charge is 0.0308 e. The second kappa shape index (κ2) is 4.67. The standard InChI is InChI=1S/C13H24N2/c1-3-4-9-15-10-5-8-14-13(2,11-15)12-6-7-12/h3,12,14H,1,4-11H2,2H3. The molecule has 2 nitrogen and oxygen atoms in total. The summed E-state index contributed by atoms with van der Waals surface area (Å²) in [4.78, 5) is 2.61. The molecule has 1 aliphatic carbocycles. The minimum Gasteiger partial charge on any atom is -0.310 e. The SMILES string of the molecule is C=CCCN1CCCNC(C)(C2CC2)C1. The first kappa shape index (κ1) is 11.2. The quantitative estimate of drug-likeness (QED) is 0.711. The van der Waals surface area contributed by atoms with E-state index in [0.29, 0.717) is 5.54 Å². The Labute approximate surface area is 93.7 Å². The van der Waals surface area contributed by atoms with Crippen molar-refractivity contribution < 1.29 is 0 Å². The molecule has 0 amide bonds. The molecule has 2 fully saturated rings. The third-order valence-electron chi connectivity index (χ3n) is 3.86. The van der Waals surface area contributed by atoms with Gasteiger partial charge in [0.05, 0.1) is 0 Å². The van der Waals surface area contributed by atoms with Crippen LogP contribution in [0.5, 0.6) is 0 Å². The van der Waals surface area contributed by atoms with E-state index in [2.05, 4.69) is 23.7 Å². The van der Waals surface area contributed by atoms with Gasteiger partial charge in [-0.3, -0.25) is 0 Å². The minimum atomic E-state index is 0.387. The molecular formula is C13H24N2. The summed E-state index contributed by atoms with van der Waals surface area (Å²) in [5, 5.41) is 3.76. The molecule has 1 unspecified atom stereocenters. The maximum Gasteiger partial charge on any atom is 0.0308 e. The first-order valence-corrected chi connectivity index (χ1v) is 6.33. The van der Waals surface area contributed by atoms with Gasteiger partial charge in [-0.05, 0) is 51.6 Å². The highest BCUT2D eigenvalue weighted by molar-refractivity contribution is 5.01. The van der Waals surface area contributed by atoms with E-state index in [1.807, 2.05) is 6.08 Å². The van der Waals surface area contributed by atoms with E-state index in [0.717, 1.165) is 12.3 Å². The van der Waals surface area contributed by atoms with E-state index in [4.69, 9.17) is 0 Å². The minimum absolute atomic E-state index is 0.387. The van der Waals surface area contributed by atoms with Crippen LogP contribution in [-0.2, 0) is 0 Å². The van der Waals surface area contributed by atoms with Crippen molar-refractivity contribution in [3.8, 4) is 0 Å². The van der Waals surface area contributed by atoms with Gasteiger partial charge in [-0.1, -0.05) is 6.08 Å². The number of hydrogen-bond donors (Lipinski definition) is 1. The zero-order valence-corrected chi connectivity index (χ0v) is 9.97. The van der Waals surface area contributed by atoms with E-state index < -0.39 is 0 Å². The number of rotatable bonds is 4. The summed E-state index contributed by atoms with van der Waals surface area (Å²) in [5.74, 6) is 0.932. The summed E-state index contributed by atoms with van der Waals surface area (Å²) in [7, 11) is 0. The molecule has 1 aliphatic heterocycles. The second-order valence-corrected chi connectivity index (χ2v) is 5.33. The van der Waals surface area contributed by atoms with Crippen LogP contribution < -0.4 is 5.32 Å². The third-order valence-corrected chi connectivity index (χ3v) is 3.86. The van der Waals surface area contributed by atoms with Crippen LogP contribution >= 0.6 is 0 Å². The Kier molecular flexibility index (Phi) is 3.47. The molecule has 1 heterocycles. The van der Waals surface area contributed by atoms with Crippen molar-refractivity contribution in [2.75, 3.05) is 26.2 Å². The molecule has 2 rings (SSSR count). The zero-order chi connectivity index (χ0) is 10.7. The fraction of sp³-hybridized carbons (Fsp3) is 0.846. The van der Waals surface area contributed by atoms with Crippen LogP contribution in [0.1, 0.15) is 32.6 Å². The Morgan fingerprint density at radius 1 is 1.53 bits per heavy atom. The van der Waals surface area contributed by atoms with Gasteiger partial charge in [-0.2, -0.15) is 0 Å². The molecule has 1 N–H and O–H groups in total. The van der Waals surface area contributed by atoms with Crippen molar-refractivity contribution in [2.24, 2.45) is 5.92 Å². The van der Waals surface area contributed by atoms with Crippen molar-refractivity contribution in [1.82, 2.24) is 10.2 Å². The van der Waals surface area contributed by atoms with Crippen LogP contribution in [0.2, 0.25) is 0 Å². The molecule has 0 aromatic rings. The lowest BCUT2D eigenvalue weighted by molar-refractivity contribution is 0.204. The van der Waals surface area contributed by atoms with Gasteiger partial charge in [0.1, 0.15) is 0 Å². The van der Waals surface area contributed by atoms with Gasteiger partial charge in [0.2, 0.25) is 0 Å². The van der Waals surface area contributed by atoms with Crippen LogP contribution in [0.25, 0.3) is 0 Å². The van der Waals surface area contributed by atoms with Crippen LogP contribution in [0, 0.1) is 5.92 Å². The first-order chi connectivity index (χ1) is 7.24.